The third kappa shape index (κ3) is 2.29. The molecule has 0 bridgehead atoms. The van der Waals surface area contributed by atoms with Crippen LogP contribution in [-0.2, 0) is 9.59 Å². The Balaban J connectivity index is 1.99. The van der Waals surface area contributed by atoms with E-state index in [0.29, 0.717) is 11.8 Å². The fraction of sp³-hybridized carbons (Fsp3) is 0.833. The zero-order valence-corrected chi connectivity index (χ0v) is 10.5. The lowest BCUT2D eigenvalue weighted by Crippen LogP contribution is -2.57. The molecular formula is C12H21N3O2. The molecule has 2 rings (SSSR count). The SMILES string of the molecule is CC(C)(NC(=O)C1NCC2CCCC21)C(N)=O. The minimum atomic E-state index is -0.977. The number of amides is 2. The number of primary amides is 1. The summed E-state index contributed by atoms with van der Waals surface area (Å²) in [6.07, 6.45) is 3.52. The maximum atomic E-state index is 12.1. The largest absolute Gasteiger partial charge is 0.368 e. The van der Waals surface area contributed by atoms with Crippen molar-refractivity contribution in [3.05, 3.63) is 0 Å². The van der Waals surface area contributed by atoms with Gasteiger partial charge in [-0.05, 0) is 45.1 Å². The average molecular weight is 239 g/mol. The molecule has 3 unspecified atom stereocenters. The summed E-state index contributed by atoms with van der Waals surface area (Å²) in [6.45, 7) is 4.18. The summed E-state index contributed by atoms with van der Waals surface area (Å²) < 4.78 is 0. The molecule has 3 atom stereocenters. The highest BCUT2D eigenvalue weighted by Gasteiger charge is 2.43. The standard InChI is InChI=1S/C12H21N3O2/c1-12(2,11(13)17)15-10(16)9-8-5-3-4-7(8)6-14-9/h7-9,14H,3-6H2,1-2H3,(H2,13,17)(H,15,16). The molecule has 1 aliphatic heterocycles. The zero-order chi connectivity index (χ0) is 12.6. The van der Waals surface area contributed by atoms with E-state index in [1.807, 2.05) is 0 Å². The summed E-state index contributed by atoms with van der Waals surface area (Å²) in [4.78, 5) is 23.3. The Morgan fingerprint density at radius 3 is 2.71 bits per heavy atom. The van der Waals surface area contributed by atoms with Crippen molar-refractivity contribution in [2.24, 2.45) is 17.6 Å². The van der Waals surface area contributed by atoms with Crippen molar-refractivity contribution in [1.82, 2.24) is 10.6 Å². The highest BCUT2D eigenvalue weighted by atomic mass is 16.2. The first-order valence-corrected chi connectivity index (χ1v) is 6.27. The molecule has 5 heteroatoms. The molecule has 0 spiro atoms. The van der Waals surface area contributed by atoms with Gasteiger partial charge in [0, 0.05) is 0 Å². The average Bonchev–Trinajstić information content (AvgIpc) is 2.75. The van der Waals surface area contributed by atoms with Gasteiger partial charge in [-0.15, -0.1) is 0 Å². The van der Waals surface area contributed by atoms with E-state index in [4.69, 9.17) is 5.73 Å². The van der Waals surface area contributed by atoms with Crippen LogP contribution in [0.5, 0.6) is 0 Å². The van der Waals surface area contributed by atoms with Gasteiger partial charge in [0.1, 0.15) is 5.54 Å². The van der Waals surface area contributed by atoms with Crippen LogP contribution < -0.4 is 16.4 Å². The van der Waals surface area contributed by atoms with Gasteiger partial charge in [-0.2, -0.15) is 0 Å². The summed E-state index contributed by atoms with van der Waals surface area (Å²) in [5.74, 6) is 0.455. The van der Waals surface area contributed by atoms with Crippen molar-refractivity contribution in [2.75, 3.05) is 6.54 Å². The molecule has 5 nitrogen and oxygen atoms in total. The second-order valence-electron chi connectivity index (χ2n) is 5.72. The monoisotopic (exact) mass is 239 g/mol. The Kier molecular flexibility index (Phi) is 3.12. The number of carbonyl (C=O) groups is 2. The van der Waals surface area contributed by atoms with Crippen LogP contribution in [-0.4, -0.2) is 29.9 Å². The van der Waals surface area contributed by atoms with Gasteiger partial charge in [0.25, 0.3) is 0 Å². The van der Waals surface area contributed by atoms with Crippen molar-refractivity contribution < 1.29 is 9.59 Å². The van der Waals surface area contributed by atoms with Gasteiger partial charge in [-0.25, -0.2) is 0 Å². The Morgan fingerprint density at radius 2 is 2.06 bits per heavy atom. The van der Waals surface area contributed by atoms with Gasteiger partial charge in [0.05, 0.1) is 6.04 Å². The summed E-state index contributed by atoms with van der Waals surface area (Å²) >= 11 is 0. The molecule has 2 fully saturated rings. The highest BCUT2D eigenvalue weighted by Crippen LogP contribution is 2.37. The van der Waals surface area contributed by atoms with E-state index in [1.165, 1.54) is 12.8 Å². The molecule has 2 amide bonds. The lowest BCUT2D eigenvalue weighted by molar-refractivity contribution is -0.131. The summed E-state index contributed by atoms with van der Waals surface area (Å²) in [5, 5.41) is 5.99. The third-order valence-electron chi connectivity index (χ3n) is 4.08. The maximum absolute atomic E-state index is 12.1. The predicted octanol–water partition coefficient (Wildman–Crippen LogP) is -0.245. The lowest BCUT2D eigenvalue weighted by atomic mass is 9.93. The zero-order valence-electron chi connectivity index (χ0n) is 10.5. The van der Waals surface area contributed by atoms with Gasteiger partial charge in [0.2, 0.25) is 11.8 Å². The van der Waals surface area contributed by atoms with Gasteiger partial charge >= 0.3 is 0 Å². The van der Waals surface area contributed by atoms with Crippen molar-refractivity contribution in [1.29, 1.82) is 0 Å². The molecule has 4 N–H and O–H groups in total. The molecule has 0 aromatic heterocycles. The smallest absolute Gasteiger partial charge is 0.242 e. The fourth-order valence-corrected chi connectivity index (χ4v) is 2.92. The third-order valence-corrected chi connectivity index (χ3v) is 4.08. The van der Waals surface area contributed by atoms with E-state index in [-0.39, 0.29) is 11.9 Å². The maximum Gasteiger partial charge on any atom is 0.242 e. The minimum absolute atomic E-state index is 0.0943. The van der Waals surface area contributed by atoms with Crippen LogP contribution in [0.3, 0.4) is 0 Å². The molecular weight excluding hydrogens is 218 g/mol. The molecule has 1 heterocycles. The number of nitrogens with two attached hydrogens (primary N) is 1. The van der Waals surface area contributed by atoms with Crippen molar-refractivity contribution in [2.45, 2.75) is 44.7 Å². The molecule has 2 aliphatic rings. The topological polar surface area (TPSA) is 84.2 Å². The second-order valence-corrected chi connectivity index (χ2v) is 5.72. The van der Waals surface area contributed by atoms with E-state index in [9.17, 15) is 9.59 Å². The Morgan fingerprint density at radius 1 is 1.35 bits per heavy atom. The number of hydrogen-bond donors (Lipinski definition) is 3. The van der Waals surface area contributed by atoms with Crippen molar-refractivity contribution in [3.8, 4) is 0 Å². The van der Waals surface area contributed by atoms with Crippen molar-refractivity contribution >= 4 is 11.8 Å². The van der Waals surface area contributed by atoms with E-state index < -0.39 is 11.4 Å². The normalized spacial score (nSPS) is 32.2. The van der Waals surface area contributed by atoms with E-state index >= 15 is 0 Å². The van der Waals surface area contributed by atoms with Crippen molar-refractivity contribution in [3.63, 3.8) is 0 Å². The van der Waals surface area contributed by atoms with Gasteiger partial charge in [-0.1, -0.05) is 6.42 Å². The Labute approximate surface area is 102 Å². The minimum Gasteiger partial charge on any atom is -0.368 e. The molecule has 96 valence electrons. The van der Waals surface area contributed by atoms with Gasteiger partial charge in [-0.3, -0.25) is 9.59 Å². The number of rotatable bonds is 3. The Bertz CT molecular complexity index is 341. The fourth-order valence-electron chi connectivity index (χ4n) is 2.92. The summed E-state index contributed by atoms with van der Waals surface area (Å²) in [5.41, 5.74) is 4.27. The van der Waals surface area contributed by atoms with E-state index in [0.717, 1.165) is 13.0 Å². The molecule has 1 saturated heterocycles. The lowest BCUT2D eigenvalue weighted by Gasteiger charge is -2.26. The van der Waals surface area contributed by atoms with E-state index in [1.54, 1.807) is 13.8 Å². The van der Waals surface area contributed by atoms with Crippen LogP contribution in [0.25, 0.3) is 0 Å². The van der Waals surface area contributed by atoms with Crippen LogP contribution in [0, 0.1) is 11.8 Å². The summed E-state index contributed by atoms with van der Waals surface area (Å²) in [6, 6.07) is -0.152. The van der Waals surface area contributed by atoms with Crippen LogP contribution >= 0.6 is 0 Å². The van der Waals surface area contributed by atoms with E-state index in [2.05, 4.69) is 10.6 Å². The van der Waals surface area contributed by atoms with Crippen LogP contribution in [0.4, 0.5) is 0 Å². The molecule has 0 aromatic carbocycles. The van der Waals surface area contributed by atoms with Gasteiger partial charge in [0.15, 0.2) is 0 Å². The van der Waals surface area contributed by atoms with Crippen LogP contribution in [0.15, 0.2) is 0 Å². The number of hydrogen-bond acceptors (Lipinski definition) is 3. The van der Waals surface area contributed by atoms with Crippen LogP contribution in [0.1, 0.15) is 33.1 Å². The first kappa shape index (κ1) is 12.4. The van der Waals surface area contributed by atoms with Crippen LogP contribution in [0.2, 0.25) is 0 Å². The second kappa shape index (κ2) is 4.29. The quantitative estimate of drug-likeness (QED) is 0.635. The molecule has 17 heavy (non-hydrogen) atoms. The number of carbonyl (C=O) groups excluding carboxylic acids is 2. The summed E-state index contributed by atoms with van der Waals surface area (Å²) in [7, 11) is 0. The first-order chi connectivity index (χ1) is 7.92. The Hall–Kier alpha value is -1.10. The van der Waals surface area contributed by atoms with Gasteiger partial charge < -0.3 is 16.4 Å². The molecule has 0 radical (unpaired) electrons. The predicted molar refractivity (Wildman–Crippen MR) is 64.0 cm³/mol. The molecule has 1 aliphatic carbocycles. The molecule has 0 aromatic rings. The first-order valence-electron chi connectivity index (χ1n) is 6.27. The molecule has 1 saturated carbocycles. The number of nitrogens with one attached hydrogen (secondary N) is 2. The highest BCUT2D eigenvalue weighted by molar-refractivity contribution is 5.91. The number of fused-ring (bicyclic) bond motifs is 1.